The van der Waals surface area contributed by atoms with Crippen molar-refractivity contribution < 1.29 is 22.7 Å². The third-order valence-corrected chi connectivity index (χ3v) is 2.03. The molecule has 7 heteroatoms. The van der Waals surface area contributed by atoms with E-state index in [1.807, 2.05) is 6.92 Å². The van der Waals surface area contributed by atoms with Crippen molar-refractivity contribution in [2.75, 3.05) is 13.2 Å². The molecule has 0 fully saturated rings. The molecule has 0 N–H and O–H groups in total. The number of ketones is 1. The molecule has 0 bridgehead atoms. The van der Waals surface area contributed by atoms with E-state index in [4.69, 9.17) is 4.74 Å². The van der Waals surface area contributed by atoms with Gasteiger partial charge in [0.05, 0.1) is 11.8 Å². The van der Waals surface area contributed by atoms with Gasteiger partial charge in [0.15, 0.2) is 0 Å². The fraction of sp³-hybridized carbons (Fsp3) is 0.600. The number of aromatic nitrogens is 2. The predicted molar refractivity (Wildman–Crippen MR) is 53.7 cm³/mol. The maximum absolute atomic E-state index is 12.1. The lowest BCUT2D eigenvalue weighted by atomic mass is 10.2. The second-order valence-electron chi connectivity index (χ2n) is 3.37. The molecule has 1 aromatic rings. The van der Waals surface area contributed by atoms with Gasteiger partial charge in [-0.15, -0.1) is 0 Å². The van der Waals surface area contributed by atoms with E-state index in [2.05, 4.69) is 5.10 Å². The van der Waals surface area contributed by atoms with Crippen molar-refractivity contribution in [2.24, 2.45) is 0 Å². The highest BCUT2D eigenvalue weighted by Gasteiger charge is 2.39. The Morgan fingerprint density at radius 3 is 2.82 bits per heavy atom. The van der Waals surface area contributed by atoms with Crippen molar-refractivity contribution in [1.29, 1.82) is 0 Å². The minimum atomic E-state index is -4.85. The van der Waals surface area contributed by atoms with Crippen molar-refractivity contribution in [3.05, 3.63) is 18.0 Å². The van der Waals surface area contributed by atoms with Crippen LogP contribution >= 0.6 is 0 Å². The highest BCUT2D eigenvalue weighted by atomic mass is 19.4. The van der Waals surface area contributed by atoms with Crippen LogP contribution in [-0.4, -0.2) is 35.0 Å². The molecule has 0 amide bonds. The molecule has 0 aliphatic rings. The van der Waals surface area contributed by atoms with Gasteiger partial charge in [-0.05, 0) is 13.3 Å². The van der Waals surface area contributed by atoms with E-state index in [1.54, 1.807) is 0 Å². The SMILES string of the molecule is CCOCCCn1cc(C(=O)C(F)(F)F)cn1. The van der Waals surface area contributed by atoms with Gasteiger partial charge in [0.25, 0.3) is 5.78 Å². The van der Waals surface area contributed by atoms with Crippen LogP contribution in [0.1, 0.15) is 23.7 Å². The Kier molecular flexibility index (Phi) is 4.68. The van der Waals surface area contributed by atoms with Gasteiger partial charge < -0.3 is 4.74 Å². The topological polar surface area (TPSA) is 44.1 Å². The van der Waals surface area contributed by atoms with E-state index < -0.39 is 17.5 Å². The molecule has 0 aliphatic carbocycles. The van der Waals surface area contributed by atoms with Crippen LogP contribution in [0.2, 0.25) is 0 Å². The Bertz CT molecular complexity index is 374. The Morgan fingerprint density at radius 1 is 1.53 bits per heavy atom. The molecule has 0 aliphatic heterocycles. The summed E-state index contributed by atoms with van der Waals surface area (Å²) in [6, 6.07) is 0. The number of Topliss-reactive ketones (excluding diaryl/α,β-unsaturated/α-hetero) is 1. The molecule has 4 nitrogen and oxygen atoms in total. The molecule has 1 rings (SSSR count). The normalized spacial score (nSPS) is 11.8. The van der Waals surface area contributed by atoms with Gasteiger partial charge in [0.1, 0.15) is 0 Å². The minimum Gasteiger partial charge on any atom is -0.382 e. The summed E-state index contributed by atoms with van der Waals surface area (Å²) >= 11 is 0. The van der Waals surface area contributed by atoms with Crippen LogP contribution < -0.4 is 0 Å². The fourth-order valence-corrected chi connectivity index (χ4v) is 1.24. The van der Waals surface area contributed by atoms with Crippen molar-refractivity contribution in [3.8, 4) is 0 Å². The molecular weight excluding hydrogens is 237 g/mol. The lowest BCUT2D eigenvalue weighted by molar-refractivity contribution is -0.0885. The van der Waals surface area contributed by atoms with Crippen LogP contribution in [0.5, 0.6) is 0 Å². The number of carbonyl (C=O) groups is 1. The largest absolute Gasteiger partial charge is 0.454 e. The zero-order valence-electron chi connectivity index (χ0n) is 9.33. The summed E-state index contributed by atoms with van der Waals surface area (Å²) in [6.45, 7) is 3.38. The third-order valence-electron chi connectivity index (χ3n) is 2.03. The van der Waals surface area contributed by atoms with Gasteiger partial charge in [0.2, 0.25) is 0 Å². The van der Waals surface area contributed by atoms with Crippen LogP contribution in [0.4, 0.5) is 13.2 Å². The Balaban J connectivity index is 2.51. The lowest BCUT2D eigenvalue weighted by Gasteiger charge is -2.02. The van der Waals surface area contributed by atoms with Crippen LogP contribution in [-0.2, 0) is 11.3 Å². The summed E-state index contributed by atoms with van der Waals surface area (Å²) < 4.78 is 42.6. The molecule has 1 aromatic heterocycles. The standard InChI is InChI=1S/C10H13F3N2O2/c1-2-17-5-3-4-15-7-8(6-14-15)9(16)10(11,12)13/h6-7H,2-5H2,1H3. The molecule has 0 saturated carbocycles. The number of rotatable bonds is 6. The maximum atomic E-state index is 12.1. The van der Waals surface area contributed by atoms with E-state index in [0.717, 1.165) is 12.4 Å². The number of hydrogen-bond donors (Lipinski definition) is 0. The number of halogens is 3. The first-order valence-corrected chi connectivity index (χ1v) is 5.17. The van der Waals surface area contributed by atoms with E-state index in [1.165, 1.54) is 4.68 Å². The highest BCUT2D eigenvalue weighted by molar-refractivity contribution is 5.99. The smallest absolute Gasteiger partial charge is 0.382 e. The number of ether oxygens (including phenoxy) is 1. The molecule has 0 spiro atoms. The average Bonchev–Trinajstić information content (AvgIpc) is 2.70. The molecule has 0 aromatic carbocycles. The first-order valence-electron chi connectivity index (χ1n) is 5.17. The van der Waals surface area contributed by atoms with E-state index in [0.29, 0.717) is 26.2 Å². The van der Waals surface area contributed by atoms with Gasteiger partial charge >= 0.3 is 6.18 Å². The molecular formula is C10H13F3N2O2. The molecule has 0 unspecified atom stereocenters. The van der Waals surface area contributed by atoms with Crippen molar-refractivity contribution in [3.63, 3.8) is 0 Å². The second-order valence-corrected chi connectivity index (χ2v) is 3.37. The summed E-state index contributed by atoms with van der Waals surface area (Å²) in [7, 11) is 0. The van der Waals surface area contributed by atoms with E-state index in [-0.39, 0.29) is 0 Å². The quantitative estimate of drug-likeness (QED) is 0.573. The summed E-state index contributed by atoms with van der Waals surface area (Å²) in [5, 5.41) is 3.69. The molecule has 96 valence electrons. The number of carbonyl (C=O) groups excluding carboxylic acids is 1. The molecule has 17 heavy (non-hydrogen) atoms. The van der Waals surface area contributed by atoms with Crippen molar-refractivity contribution in [1.82, 2.24) is 9.78 Å². The zero-order valence-corrected chi connectivity index (χ0v) is 9.33. The van der Waals surface area contributed by atoms with Gasteiger partial charge in [-0.25, -0.2) is 0 Å². The summed E-state index contributed by atoms with van der Waals surface area (Å²) in [5.41, 5.74) is -0.436. The van der Waals surface area contributed by atoms with Gasteiger partial charge in [-0.2, -0.15) is 18.3 Å². The van der Waals surface area contributed by atoms with Gasteiger partial charge in [-0.1, -0.05) is 0 Å². The number of nitrogens with zero attached hydrogens (tertiary/aromatic N) is 2. The van der Waals surface area contributed by atoms with Crippen LogP contribution in [0.15, 0.2) is 12.4 Å². The third kappa shape index (κ3) is 4.18. The van der Waals surface area contributed by atoms with Crippen molar-refractivity contribution >= 4 is 5.78 Å². The molecule has 0 radical (unpaired) electrons. The van der Waals surface area contributed by atoms with Crippen LogP contribution in [0.25, 0.3) is 0 Å². The Hall–Kier alpha value is -1.37. The predicted octanol–water partition coefficient (Wildman–Crippen LogP) is 2.05. The zero-order chi connectivity index (χ0) is 12.9. The average molecular weight is 250 g/mol. The Labute approximate surface area is 96.4 Å². The fourth-order valence-electron chi connectivity index (χ4n) is 1.24. The van der Waals surface area contributed by atoms with E-state index >= 15 is 0 Å². The molecule has 0 atom stereocenters. The minimum absolute atomic E-state index is 0.422. The molecule has 0 saturated heterocycles. The number of aryl methyl sites for hydroxylation is 1. The molecule has 1 heterocycles. The maximum Gasteiger partial charge on any atom is 0.454 e. The van der Waals surface area contributed by atoms with Crippen LogP contribution in [0.3, 0.4) is 0 Å². The highest BCUT2D eigenvalue weighted by Crippen LogP contribution is 2.20. The first kappa shape index (κ1) is 13.7. The summed E-state index contributed by atoms with van der Waals surface area (Å²) in [6.07, 6.45) is -2.19. The first-order chi connectivity index (χ1) is 7.95. The Morgan fingerprint density at radius 2 is 2.24 bits per heavy atom. The monoisotopic (exact) mass is 250 g/mol. The van der Waals surface area contributed by atoms with Gasteiger partial charge in [-0.3, -0.25) is 9.48 Å². The number of alkyl halides is 3. The van der Waals surface area contributed by atoms with Crippen molar-refractivity contribution in [2.45, 2.75) is 26.1 Å². The summed E-state index contributed by atoms with van der Waals surface area (Å²) in [4.78, 5) is 10.9. The lowest BCUT2D eigenvalue weighted by Crippen LogP contribution is -2.22. The second kappa shape index (κ2) is 5.81. The van der Waals surface area contributed by atoms with E-state index in [9.17, 15) is 18.0 Å². The van der Waals surface area contributed by atoms with Gasteiger partial charge in [0, 0.05) is 26.0 Å². The number of hydrogen-bond acceptors (Lipinski definition) is 3. The van der Waals surface area contributed by atoms with Crippen LogP contribution in [0, 0.1) is 0 Å². The summed E-state index contributed by atoms with van der Waals surface area (Å²) in [5.74, 6) is -1.87.